The molecule has 0 fully saturated rings. The second-order valence-electron chi connectivity index (χ2n) is 8.01. The van der Waals surface area contributed by atoms with Crippen LogP contribution in [-0.2, 0) is 13.1 Å². The fourth-order valence-corrected chi connectivity index (χ4v) is 4.16. The first-order valence-corrected chi connectivity index (χ1v) is 10.9. The van der Waals surface area contributed by atoms with Crippen molar-refractivity contribution in [3.05, 3.63) is 89.6 Å². The smallest absolute Gasteiger partial charge is 0.226 e. The quantitative estimate of drug-likeness (QED) is 0.424. The van der Waals surface area contributed by atoms with Crippen molar-refractivity contribution < 1.29 is 4.74 Å². The zero-order valence-electron chi connectivity index (χ0n) is 18.5. The number of benzene rings is 1. The minimum atomic E-state index is 0.561. The maximum absolute atomic E-state index is 5.36. The SMILES string of the molecule is COc1ccc2c(c1)CN(c1nccc(-c3nccc(/C=C/c4ccnc5[nH]ccc45)n3)n1)C2. The number of ether oxygens (including phenoxy) is 1. The fraction of sp³-hybridized carbons (Fsp3) is 0.115. The summed E-state index contributed by atoms with van der Waals surface area (Å²) in [5, 5.41) is 1.07. The van der Waals surface area contributed by atoms with E-state index in [1.807, 2.05) is 48.7 Å². The van der Waals surface area contributed by atoms with Gasteiger partial charge in [-0.3, -0.25) is 0 Å². The van der Waals surface area contributed by atoms with E-state index >= 15 is 0 Å². The first kappa shape index (κ1) is 20.0. The van der Waals surface area contributed by atoms with Crippen LogP contribution in [0.4, 0.5) is 5.95 Å². The van der Waals surface area contributed by atoms with Crippen molar-refractivity contribution in [2.24, 2.45) is 0 Å². The first-order valence-electron chi connectivity index (χ1n) is 10.9. The number of aromatic nitrogens is 6. The van der Waals surface area contributed by atoms with Gasteiger partial charge in [-0.15, -0.1) is 0 Å². The second kappa shape index (κ2) is 8.40. The van der Waals surface area contributed by atoms with Gasteiger partial charge in [-0.1, -0.05) is 12.1 Å². The largest absolute Gasteiger partial charge is 0.497 e. The minimum Gasteiger partial charge on any atom is -0.497 e. The molecule has 0 amide bonds. The standard InChI is InChI=1S/C26H21N7O/c1-34-21-5-3-18-15-33(16-19(18)14-21)26-30-13-9-23(32-26)25-29-11-7-20(31-25)4-2-17-6-10-27-24-22(17)8-12-28-24/h2-14H,15-16H2,1H3,(H,27,28)/b4-2+. The number of fused-ring (bicyclic) bond motifs is 2. The third-order valence-corrected chi connectivity index (χ3v) is 5.90. The summed E-state index contributed by atoms with van der Waals surface area (Å²) in [6.07, 6.45) is 11.2. The Labute approximate surface area is 196 Å². The van der Waals surface area contributed by atoms with Gasteiger partial charge >= 0.3 is 0 Å². The maximum atomic E-state index is 5.36. The third-order valence-electron chi connectivity index (χ3n) is 5.90. The van der Waals surface area contributed by atoms with Crippen LogP contribution in [0, 0.1) is 0 Å². The van der Waals surface area contributed by atoms with Gasteiger partial charge in [0.1, 0.15) is 17.1 Å². The molecule has 0 bridgehead atoms. The highest BCUT2D eigenvalue weighted by atomic mass is 16.5. The number of methoxy groups -OCH3 is 1. The second-order valence-corrected chi connectivity index (χ2v) is 8.01. The number of rotatable bonds is 5. The van der Waals surface area contributed by atoms with Gasteiger partial charge in [-0.05, 0) is 59.2 Å². The average Bonchev–Trinajstić information content (AvgIpc) is 3.54. The van der Waals surface area contributed by atoms with E-state index in [9.17, 15) is 0 Å². The lowest BCUT2D eigenvalue weighted by atomic mass is 10.1. The Morgan fingerprint density at radius 1 is 0.882 bits per heavy atom. The van der Waals surface area contributed by atoms with Gasteiger partial charge in [0.05, 0.1) is 12.8 Å². The van der Waals surface area contributed by atoms with Gasteiger partial charge in [-0.2, -0.15) is 0 Å². The van der Waals surface area contributed by atoms with Crippen LogP contribution >= 0.6 is 0 Å². The van der Waals surface area contributed by atoms with E-state index in [2.05, 4.69) is 37.0 Å². The number of pyridine rings is 1. The van der Waals surface area contributed by atoms with Crippen LogP contribution in [0.15, 0.2) is 67.3 Å². The van der Waals surface area contributed by atoms with E-state index < -0.39 is 0 Å². The first-order chi connectivity index (χ1) is 16.8. The highest BCUT2D eigenvalue weighted by Gasteiger charge is 2.22. The van der Waals surface area contributed by atoms with E-state index in [1.165, 1.54) is 11.1 Å². The number of aromatic amines is 1. The van der Waals surface area contributed by atoms with E-state index in [0.29, 0.717) is 17.5 Å². The summed E-state index contributed by atoms with van der Waals surface area (Å²) in [5.41, 5.74) is 5.90. The summed E-state index contributed by atoms with van der Waals surface area (Å²) >= 11 is 0. The average molecular weight is 448 g/mol. The van der Waals surface area contributed by atoms with Crippen LogP contribution < -0.4 is 9.64 Å². The molecular formula is C26H21N7O. The fourth-order valence-electron chi connectivity index (χ4n) is 4.16. The van der Waals surface area contributed by atoms with Crippen LogP contribution in [0.5, 0.6) is 5.75 Å². The molecule has 0 aliphatic carbocycles. The molecule has 5 heterocycles. The molecule has 34 heavy (non-hydrogen) atoms. The highest BCUT2D eigenvalue weighted by Crippen LogP contribution is 2.29. The molecule has 1 aliphatic rings. The Kier molecular flexibility index (Phi) is 4.95. The lowest BCUT2D eigenvalue weighted by molar-refractivity contribution is 0.414. The number of nitrogens with zero attached hydrogens (tertiary/aromatic N) is 6. The molecule has 5 aromatic rings. The van der Waals surface area contributed by atoms with Crippen molar-refractivity contribution in [2.45, 2.75) is 13.1 Å². The molecule has 1 N–H and O–H groups in total. The summed E-state index contributed by atoms with van der Waals surface area (Å²) in [5.74, 6) is 2.08. The van der Waals surface area contributed by atoms with Gasteiger partial charge in [0.15, 0.2) is 5.82 Å². The Balaban J connectivity index is 1.25. The molecule has 1 aromatic carbocycles. The Morgan fingerprint density at radius 3 is 2.71 bits per heavy atom. The molecule has 0 atom stereocenters. The molecule has 4 aromatic heterocycles. The lowest BCUT2D eigenvalue weighted by Crippen LogP contribution is -2.17. The molecule has 0 saturated heterocycles. The molecule has 0 spiro atoms. The van der Waals surface area contributed by atoms with Crippen LogP contribution in [0.25, 0.3) is 34.7 Å². The molecule has 6 rings (SSSR count). The van der Waals surface area contributed by atoms with Crippen LogP contribution in [0.1, 0.15) is 22.4 Å². The molecule has 8 nitrogen and oxygen atoms in total. The summed E-state index contributed by atoms with van der Waals surface area (Å²) in [6, 6.07) is 13.9. The van der Waals surface area contributed by atoms with Crippen molar-refractivity contribution in [1.29, 1.82) is 0 Å². The lowest BCUT2D eigenvalue weighted by Gasteiger charge is -2.15. The summed E-state index contributed by atoms with van der Waals surface area (Å²) in [4.78, 5) is 28.0. The predicted octanol–water partition coefficient (Wildman–Crippen LogP) is 4.51. The number of hydrogen-bond donors (Lipinski definition) is 1. The number of H-pyrrole nitrogens is 1. The van der Waals surface area contributed by atoms with Crippen molar-refractivity contribution in [2.75, 3.05) is 12.0 Å². The van der Waals surface area contributed by atoms with Crippen molar-refractivity contribution in [3.63, 3.8) is 0 Å². The van der Waals surface area contributed by atoms with Gasteiger partial charge in [0, 0.05) is 43.3 Å². The van der Waals surface area contributed by atoms with E-state index in [1.54, 1.807) is 25.7 Å². The number of nitrogens with one attached hydrogen (secondary N) is 1. The Morgan fingerprint density at radius 2 is 1.76 bits per heavy atom. The summed E-state index contributed by atoms with van der Waals surface area (Å²) in [6.45, 7) is 1.49. The van der Waals surface area contributed by atoms with Gasteiger partial charge in [0.2, 0.25) is 5.95 Å². The van der Waals surface area contributed by atoms with Crippen LogP contribution in [0.3, 0.4) is 0 Å². The highest BCUT2D eigenvalue weighted by molar-refractivity contribution is 5.88. The molecule has 166 valence electrons. The van der Waals surface area contributed by atoms with Crippen molar-refractivity contribution in [1.82, 2.24) is 29.9 Å². The van der Waals surface area contributed by atoms with Gasteiger partial charge in [-0.25, -0.2) is 24.9 Å². The molecule has 0 unspecified atom stereocenters. The van der Waals surface area contributed by atoms with Crippen LogP contribution in [-0.4, -0.2) is 37.0 Å². The maximum Gasteiger partial charge on any atom is 0.226 e. The van der Waals surface area contributed by atoms with Crippen molar-refractivity contribution in [3.8, 4) is 17.3 Å². The zero-order valence-corrected chi connectivity index (χ0v) is 18.5. The minimum absolute atomic E-state index is 0.561. The molecule has 0 saturated carbocycles. The Hall–Kier alpha value is -4.59. The van der Waals surface area contributed by atoms with Crippen LogP contribution in [0.2, 0.25) is 0 Å². The van der Waals surface area contributed by atoms with Gasteiger partial charge in [0.25, 0.3) is 0 Å². The van der Waals surface area contributed by atoms with E-state index in [-0.39, 0.29) is 0 Å². The monoisotopic (exact) mass is 447 g/mol. The van der Waals surface area contributed by atoms with E-state index in [4.69, 9.17) is 14.7 Å². The molecule has 1 aliphatic heterocycles. The normalized spacial score (nSPS) is 13.0. The van der Waals surface area contributed by atoms with Crippen molar-refractivity contribution >= 4 is 29.1 Å². The number of anilines is 1. The summed E-state index contributed by atoms with van der Waals surface area (Å²) in [7, 11) is 1.68. The molecular weight excluding hydrogens is 426 g/mol. The molecule has 8 heteroatoms. The molecule has 0 radical (unpaired) electrons. The summed E-state index contributed by atoms with van der Waals surface area (Å²) < 4.78 is 5.36. The zero-order chi connectivity index (χ0) is 22.9. The van der Waals surface area contributed by atoms with E-state index in [0.717, 1.165) is 41.1 Å². The Bertz CT molecular complexity index is 1520. The van der Waals surface area contributed by atoms with Gasteiger partial charge < -0.3 is 14.6 Å². The number of hydrogen-bond acceptors (Lipinski definition) is 7. The predicted molar refractivity (Wildman–Crippen MR) is 131 cm³/mol. The topological polar surface area (TPSA) is 92.7 Å². The third kappa shape index (κ3) is 3.75.